The normalized spacial score (nSPS) is 13.5. The average Bonchev–Trinajstić information content (AvgIpc) is 3.25. The molecule has 0 spiro atoms. The number of imidazole rings is 1. The molecule has 1 heterocycles. The first-order valence-electron chi connectivity index (χ1n) is 10.3. The second-order valence-electron chi connectivity index (χ2n) is 7.49. The van der Waals surface area contributed by atoms with Gasteiger partial charge in [0.2, 0.25) is 0 Å². The van der Waals surface area contributed by atoms with Crippen LogP contribution in [0.2, 0.25) is 5.02 Å². The van der Waals surface area contributed by atoms with Gasteiger partial charge in [-0.15, -0.1) is 0 Å². The van der Waals surface area contributed by atoms with Gasteiger partial charge in [0.15, 0.2) is 11.6 Å². The molecule has 1 amide bonds. The fraction of sp³-hybridized carbons (Fsp3) is 0.250. The standard InChI is InChI=1S/C24H23ClN4O4/c1-3-14(2)21(29-23(31)15-8-10-16(25)11-9-15)24(32)33-13-20(30)17(12-26)22-27-18-6-4-5-7-19(18)28-22/h4-11,14,21,30H,3,13H2,1-2H3,(H,27,28)(H,29,31)/t14-,21-/m0/s1. The highest BCUT2D eigenvalue weighted by atomic mass is 35.5. The number of allylic oxidation sites excluding steroid dienone is 1. The number of para-hydroxylation sites is 2. The van der Waals surface area contributed by atoms with Crippen LogP contribution in [-0.4, -0.2) is 39.6 Å². The van der Waals surface area contributed by atoms with Crippen molar-refractivity contribution >= 4 is 40.1 Å². The highest BCUT2D eigenvalue weighted by Crippen LogP contribution is 2.19. The number of ether oxygens (including phenoxy) is 1. The SMILES string of the molecule is CC[C@H](C)[C@H](NC(=O)c1ccc(Cl)cc1)C(=O)OCC(O)=C(C#N)c1nc2ccccc2[nH]1. The maximum Gasteiger partial charge on any atom is 0.329 e. The topological polar surface area (TPSA) is 128 Å². The number of aromatic amines is 1. The number of carbonyl (C=O) groups excluding carboxylic acids is 2. The number of esters is 1. The zero-order chi connectivity index (χ0) is 24.0. The van der Waals surface area contributed by atoms with E-state index in [1.165, 1.54) is 0 Å². The van der Waals surface area contributed by atoms with Gasteiger partial charge in [-0.3, -0.25) is 4.79 Å². The Balaban J connectivity index is 1.73. The van der Waals surface area contributed by atoms with Gasteiger partial charge in [-0.05, 0) is 42.3 Å². The van der Waals surface area contributed by atoms with E-state index in [1.807, 2.05) is 19.1 Å². The van der Waals surface area contributed by atoms with Crippen LogP contribution in [0.5, 0.6) is 0 Å². The van der Waals surface area contributed by atoms with Crippen molar-refractivity contribution in [3.8, 4) is 6.07 Å². The molecule has 0 unspecified atom stereocenters. The number of nitrogens with zero attached hydrogens (tertiary/aromatic N) is 2. The quantitative estimate of drug-likeness (QED) is 0.256. The molecule has 0 aliphatic carbocycles. The van der Waals surface area contributed by atoms with Crippen LogP contribution in [0, 0.1) is 17.2 Å². The summed E-state index contributed by atoms with van der Waals surface area (Å²) in [6.45, 7) is 3.15. The lowest BCUT2D eigenvalue weighted by Gasteiger charge is -2.22. The molecule has 8 nitrogen and oxygen atoms in total. The van der Waals surface area contributed by atoms with Crippen molar-refractivity contribution in [2.45, 2.75) is 26.3 Å². The van der Waals surface area contributed by atoms with E-state index in [2.05, 4.69) is 15.3 Å². The van der Waals surface area contributed by atoms with E-state index in [-0.39, 0.29) is 17.3 Å². The molecular weight excluding hydrogens is 444 g/mol. The van der Waals surface area contributed by atoms with Gasteiger partial charge < -0.3 is 20.1 Å². The van der Waals surface area contributed by atoms with Crippen molar-refractivity contribution in [2.24, 2.45) is 5.92 Å². The Morgan fingerprint density at radius 3 is 2.58 bits per heavy atom. The first-order chi connectivity index (χ1) is 15.8. The van der Waals surface area contributed by atoms with E-state index in [9.17, 15) is 20.0 Å². The largest absolute Gasteiger partial charge is 0.507 e. The summed E-state index contributed by atoms with van der Waals surface area (Å²) in [4.78, 5) is 32.6. The van der Waals surface area contributed by atoms with E-state index in [0.29, 0.717) is 28.0 Å². The number of aliphatic hydroxyl groups excluding tert-OH is 1. The lowest BCUT2D eigenvalue weighted by atomic mass is 9.98. The number of fused-ring (bicyclic) bond motifs is 1. The minimum Gasteiger partial charge on any atom is -0.507 e. The number of halogens is 1. The molecule has 0 radical (unpaired) electrons. The van der Waals surface area contributed by atoms with Crippen LogP contribution >= 0.6 is 11.6 Å². The number of nitriles is 1. The predicted octanol–water partition coefficient (Wildman–Crippen LogP) is 4.40. The van der Waals surface area contributed by atoms with Crippen LogP contribution < -0.4 is 5.32 Å². The van der Waals surface area contributed by atoms with E-state index >= 15 is 0 Å². The summed E-state index contributed by atoms with van der Waals surface area (Å²) in [5.74, 6) is -1.68. The van der Waals surface area contributed by atoms with Gasteiger partial charge in [-0.25, -0.2) is 9.78 Å². The van der Waals surface area contributed by atoms with Gasteiger partial charge in [0.1, 0.15) is 24.3 Å². The van der Waals surface area contributed by atoms with Crippen molar-refractivity contribution in [2.75, 3.05) is 6.61 Å². The van der Waals surface area contributed by atoms with E-state index in [1.54, 1.807) is 49.4 Å². The number of amides is 1. The number of aromatic nitrogens is 2. The third-order valence-electron chi connectivity index (χ3n) is 5.24. The number of H-pyrrole nitrogens is 1. The maximum absolute atomic E-state index is 12.8. The smallest absolute Gasteiger partial charge is 0.329 e. The molecular formula is C24H23ClN4O4. The average molecular weight is 467 g/mol. The van der Waals surface area contributed by atoms with Gasteiger partial charge in [0.25, 0.3) is 5.91 Å². The van der Waals surface area contributed by atoms with E-state index < -0.39 is 30.3 Å². The fourth-order valence-corrected chi connectivity index (χ4v) is 3.25. The number of nitrogens with one attached hydrogen (secondary N) is 2. The van der Waals surface area contributed by atoms with Crippen molar-refractivity contribution in [3.63, 3.8) is 0 Å². The van der Waals surface area contributed by atoms with E-state index in [4.69, 9.17) is 16.3 Å². The Hall–Kier alpha value is -3.83. The summed E-state index contributed by atoms with van der Waals surface area (Å²) in [5, 5.41) is 23.1. The van der Waals surface area contributed by atoms with Crippen molar-refractivity contribution in [3.05, 3.63) is 70.7 Å². The number of carbonyl (C=O) groups is 2. The molecule has 0 aliphatic rings. The highest BCUT2D eigenvalue weighted by molar-refractivity contribution is 6.30. The van der Waals surface area contributed by atoms with Crippen LogP contribution in [0.3, 0.4) is 0 Å². The molecule has 33 heavy (non-hydrogen) atoms. The first-order valence-corrected chi connectivity index (χ1v) is 10.7. The second kappa shape index (κ2) is 10.7. The summed E-state index contributed by atoms with van der Waals surface area (Å²) < 4.78 is 5.25. The van der Waals surface area contributed by atoms with Gasteiger partial charge in [0.05, 0.1) is 11.0 Å². The van der Waals surface area contributed by atoms with Crippen LogP contribution in [0.25, 0.3) is 16.6 Å². The summed E-state index contributed by atoms with van der Waals surface area (Å²) in [6.07, 6.45) is 0.602. The molecule has 3 N–H and O–H groups in total. The van der Waals surface area contributed by atoms with Crippen LogP contribution in [-0.2, 0) is 9.53 Å². The summed E-state index contributed by atoms with van der Waals surface area (Å²) in [5.41, 5.74) is 1.54. The molecule has 2 aromatic carbocycles. The minimum absolute atomic E-state index is 0.135. The molecule has 170 valence electrons. The summed E-state index contributed by atoms with van der Waals surface area (Å²) in [6, 6.07) is 14.4. The monoisotopic (exact) mass is 466 g/mol. The van der Waals surface area contributed by atoms with Gasteiger partial charge in [0, 0.05) is 10.6 Å². The molecule has 0 saturated carbocycles. The molecule has 0 saturated heterocycles. The van der Waals surface area contributed by atoms with Crippen molar-refractivity contribution < 1.29 is 19.4 Å². The lowest BCUT2D eigenvalue weighted by Crippen LogP contribution is -2.46. The Morgan fingerprint density at radius 1 is 1.24 bits per heavy atom. The first kappa shape index (κ1) is 23.8. The van der Waals surface area contributed by atoms with Crippen LogP contribution in [0.15, 0.2) is 54.3 Å². The van der Waals surface area contributed by atoms with Crippen LogP contribution in [0.1, 0.15) is 36.5 Å². The molecule has 0 fully saturated rings. The molecule has 3 aromatic rings. The molecule has 1 aromatic heterocycles. The summed E-state index contributed by atoms with van der Waals surface area (Å²) >= 11 is 5.86. The van der Waals surface area contributed by atoms with Crippen molar-refractivity contribution in [1.29, 1.82) is 5.26 Å². The number of hydrogen-bond acceptors (Lipinski definition) is 6. The Bertz CT molecular complexity index is 1190. The van der Waals surface area contributed by atoms with E-state index in [0.717, 1.165) is 0 Å². The molecule has 9 heteroatoms. The fourth-order valence-electron chi connectivity index (χ4n) is 3.12. The zero-order valence-electron chi connectivity index (χ0n) is 18.1. The Kier molecular flexibility index (Phi) is 7.70. The Labute approximate surface area is 195 Å². The minimum atomic E-state index is -0.942. The zero-order valence-corrected chi connectivity index (χ0v) is 18.9. The highest BCUT2D eigenvalue weighted by Gasteiger charge is 2.28. The molecule has 3 rings (SSSR count). The van der Waals surface area contributed by atoms with Gasteiger partial charge in [-0.2, -0.15) is 5.26 Å². The third kappa shape index (κ3) is 5.70. The molecule has 0 bridgehead atoms. The van der Waals surface area contributed by atoms with Gasteiger partial charge in [-0.1, -0.05) is 44.0 Å². The number of hydrogen-bond donors (Lipinski definition) is 3. The van der Waals surface area contributed by atoms with Gasteiger partial charge >= 0.3 is 5.97 Å². The third-order valence-corrected chi connectivity index (χ3v) is 5.49. The number of rotatable bonds is 8. The Morgan fingerprint density at radius 2 is 1.94 bits per heavy atom. The lowest BCUT2D eigenvalue weighted by molar-refractivity contribution is -0.147. The molecule has 2 atom stereocenters. The predicted molar refractivity (Wildman–Crippen MR) is 124 cm³/mol. The maximum atomic E-state index is 12.8. The summed E-state index contributed by atoms with van der Waals surface area (Å²) in [7, 11) is 0. The second-order valence-corrected chi connectivity index (χ2v) is 7.92. The van der Waals surface area contributed by atoms with Crippen molar-refractivity contribution in [1.82, 2.24) is 15.3 Å². The number of benzene rings is 2. The number of aliphatic hydroxyl groups is 1. The van der Waals surface area contributed by atoms with Crippen LogP contribution in [0.4, 0.5) is 0 Å². The molecule has 0 aliphatic heterocycles.